The number of aryl methyl sites for hydroxylation is 1. The molecule has 2 N–H and O–H groups in total. The van der Waals surface area contributed by atoms with Gasteiger partial charge in [-0.1, -0.05) is 24.3 Å². The monoisotopic (exact) mass is 352 g/mol. The SMILES string of the molecule is COc1ccc(CCC(=O)NCc2cccc(NC(=O)C3CC3)c2)cc1. The molecule has 136 valence electrons. The van der Waals surface area contributed by atoms with E-state index in [1.54, 1.807) is 7.11 Å². The Hall–Kier alpha value is -2.82. The second-order valence-corrected chi connectivity index (χ2v) is 6.59. The van der Waals surface area contributed by atoms with E-state index in [-0.39, 0.29) is 17.7 Å². The number of ether oxygens (including phenoxy) is 1. The molecule has 0 aromatic heterocycles. The van der Waals surface area contributed by atoms with Gasteiger partial charge in [0.1, 0.15) is 5.75 Å². The van der Waals surface area contributed by atoms with Gasteiger partial charge < -0.3 is 15.4 Å². The Morgan fingerprint density at radius 1 is 1.08 bits per heavy atom. The topological polar surface area (TPSA) is 67.4 Å². The molecule has 1 aliphatic rings. The average Bonchev–Trinajstić information content (AvgIpc) is 3.51. The molecular weight excluding hydrogens is 328 g/mol. The van der Waals surface area contributed by atoms with E-state index >= 15 is 0 Å². The maximum atomic E-state index is 12.1. The summed E-state index contributed by atoms with van der Waals surface area (Å²) in [4.78, 5) is 23.9. The number of nitrogens with one attached hydrogen (secondary N) is 2. The Bertz CT molecular complexity index is 767. The van der Waals surface area contributed by atoms with Crippen LogP contribution in [0, 0.1) is 5.92 Å². The second-order valence-electron chi connectivity index (χ2n) is 6.59. The highest BCUT2D eigenvalue weighted by Gasteiger charge is 2.29. The zero-order chi connectivity index (χ0) is 18.4. The van der Waals surface area contributed by atoms with Crippen molar-refractivity contribution >= 4 is 17.5 Å². The van der Waals surface area contributed by atoms with E-state index in [2.05, 4.69) is 10.6 Å². The van der Waals surface area contributed by atoms with Gasteiger partial charge >= 0.3 is 0 Å². The summed E-state index contributed by atoms with van der Waals surface area (Å²) in [7, 11) is 1.63. The summed E-state index contributed by atoms with van der Waals surface area (Å²) < 4.78 is 5.13. The maximum Gasteiger partial charge on any atom is 0.227 e. The van der Waals surface area contributed by atoms with Crippen LogP contribution in [0.15, 0.2) is 48.5 Å². The average molecular weight is 352 g/mol. The van der Waals surface area contributed by atoms with Crippen LogP contribution in [0.5, 0.6) is 5.75 Å². The zero-order valence-corrected chi connectivity index (χ0v) is 15.0. The molecule has 0 aliphatic heterocycles. The van der Waals surface area contributed by atoms with Crippen LogP contribution in [-0.4, -0.2) is 18.9 Å². The quantitative estimate of drug-likeness (QED) is 0.766. The maximum absolute atomic E-state index is 12.1. The van der Waals surface area contributed by atoms with Crippen molar-refractivity contribution in [1.82, 2.24) is 5.32 Å². The lowest BCUT2D eigenvalue weighted by Gasteiger charge is -2.09. The Morgan fingerprint density at radius 3 is 2.54 bits per heavy atom. The molecule has 5 heteroatoms. The van der Waals surface area contributed by atoms with Crippen LogP contribution >= 0.6 is 0 Å². The summed E-state index contributed by atoms with van der Waals surface area (Å²) in [5.41, 5.74) is 2.86. The van der Waals surface area contributed by atoms with Gasteiger partial charge in [0, 0.05) is 24.6 Å². The van der Waals surface area contributed by atoms with Gasteiger partial charge in [-0.2, -0.15) is 0 Å². The second kappa shape index (κ2) is 8.52. The van der Waals surface area contributed by atoms with Crippen LogP contribution in [0.2, 0.25) is 0 Å². The summed E-state index contributed by atoms with van der Waals surface area (Å²) in [5.74, 6) is 1.09. The molecule has 0 saturated heterocycles. The first-order valence-corrected chi connectivity index (χ1v) is 8.93. The lowest BCUT2D eigenvalue weighted by atomic mass is 10.1. The van der Waals surface area contributed by atoms with E-state index in [4.69, 9.17) is 4.74 Å². The fourth-order valence-electron chi connectivity index (χ4n) is 2.69. The number of carbonyl (C=O) groups is 2. The molecular formula is C21H24N2O3. The number of methoxy groups -OCH3 is 1. The third kappa shape index (κ3) is 5.34. The van der Waals surface area contributed by atoms with Crippen LogP contribution in [-0.2, 0) is 22.6 Å². The van der Waals surface area contributed by atoms with Crippen molar-refractivity contribution in [2.75, 3.05) is 12.4 Å². The number of carbonyl (C=O) groups excluding carboxylic acids is 2. The van der Waals surface area contributed by atoms with Gasteiger partial charge in [-0.3, -0.25) is 9.59 Å². The fourth-order valence-corrected chi connectivity index (χ4v) is 2.69. The van der Waals surface area contributed by atoms with E-state index < -0.39 is 0 Å². The van der Waals surface area contributed by atoms with Gasteiger partial charge in [0.25, 0.3) is 0 Å². The van der Waals surface area contributed by atoms with Gasteiger partial charge in [-0.15, -0.1) is 0 Å². The molecule has 0 unspecified atom stereocenters. The molecule has 1 saturated carbocycles. The summed E-state index contributed by atoms with van der Waals surface area (Å²) in [6.07, 6.45) is 3.09. The molecule has 0 heterocycles. The highest BCUT2D eigenvalue weighted by Crippen LogP contribution is 2.30. The zero-order valence-electron chi connectivity index (χ0n) is 15.0. The molecule has 2 aromatic carbocycles. The standard InChI is InChI=1S/C21H24N2O3/c1-26-19-10-5-15(6-11-19)7-12-20(24)22-14-16-3-2-4-18(13-16)23-21(25)17-8-9-17/h2-6,10-11,13,17H,7-9,12,14H2,1H3,(H,22,24)(H,23,25). The Balaban J connectivity index is 1.44. The molecule has 0 spiro atoms. The first kappa shape index (κ1) is 18.0. The van der Waals surface area contributed by atoms with Crippen molar-refractivity contribution in [2.45, 2.75) is 32.2 Å². The van der Waals surface area contributed by atoms with Crippen molar-refractivity contribution in [1.29, 1.82) is 0 Å². The van der Waals surface area contributed by atoms with E-state index in [0.717, 1.165) is 35.4 Å². The Labute approximate surface area is 153 Å². The van der Waals surface area contributed by atoms with E-state index in [1.807, 2.05) is 48.5 Å². The van der Waals surface area contributed by atoms with Crippen molar-refractivity contribution in [3.8, 4) is 5.75 Å². The van der Waals surface area contributed by atoms with Crippen LogP contribution in [0.3, 0.4) is 0 Å². The minimum Gasteiger partial charge on any atom is -0.497 e. The smallest absolute Gasteiger partial charge is 0.227 e. The minimum atomic E-state index is 0.00763. The first-order valence-electron chi connectivity index (χ1n) is 8.93. The highest BCUT2D eigenvalue weighted by atomic mass is 16.5. The molecule has 2 aromatic rings. The van der Waals surface area contributed by atoms with Crippen molar-refractivity contribution in [2.24, 2.45) is 5.92 Å². The first-order chi connectivity index (χ1) is 12.6. The largest absolute Gasteiger partial charge is 0.497 e. The number of benzene rings is 2. The van der Waals surface area contributed by atoms with E-state index in [0.29, 0.717) is 19.4 Å². The molecule has 1 aliphatic carbocycles. The number of rotatable bonds is 8. The third-order valence-corrected chi connectivity index (χ3v) is 4.43. The van der Waals surface area contributed by atoms with Crippen LogP contribution in [0.25, 0.3) is 0 Å². The van der Waals surface area contributed by atoms with Gasteiger partial charge in [0.15, 0.2) is 0 Å². The molecule has 5 nitrogen and oxygen atoms in total. The molecule has 0 atom stereocenters. The predicted molar refractivity (Wildman–Crippen MR) is 101 cm³/mol. The number of hydrogen-bond acceptors (Lipinski definition) is 3. The number of amides is 2. The molecule has 3 rings (SSSR count). The lowest BCUT2D eigenvalue weighted by molar-refractivity contribution is -0.121. The third-order valence-electron chi connectivity index (χ3n) is 4.43. The van der Waals surface area contributed by atoms with Crippen molar-refractivity contribution in [3.05, 3.63) is 59.7 Å². The van der Waals surface area contributed by atoms with Crippen LogP contribution in [0.4, 0.5) is 5.69 Å². The fraction of sp³-hybridized carbons (Fsp3) is 0.333. The Kier molecular flexibility index (Phi) is 5.89. The summed E-state index contributed by atoms with van der Waals surface area (Å²) >= 11 is 0. The predicted octanol–water partition coefficient (Wildman–Crippen LogP) is 3.29. The molecule has 0 bridgehead atoms. The minimum absolute atomic E-state index is 0.00763. The molecule has 0 radical (unpaired) electrons. The lowest BCUT2D eigenvalue weighted by Crippen LogP contribution is -2.23. The van der Waals surface area contributed by atoms with Crippen molar-refractivity contribution in [3.63, 3.8) is 0 Å². The van der Waals surface area contributed by atoms with E-state index in [1.165, 1.54) is 0 Å². The van der Waals surface area contributed by atoms with Gasteiger partial charge in [0.2, 0.25) is 11.8 Å². The molecule has 2 amide bonds. The number of hydrogen-bond donors (Lipinski definition) is 2. The van der Waals surface area contributed by atoms with Gasteiger partial charge in [-0.05, 0) is 54.7 Å². The van der Waals surface area contributed by atoms with Crippen LogP contribution in [0.1, 0.15) is 30.4 Å². The van der Waals surface area contributed by atoms with Gasteiger partial charge in [-0.25, -0.2) is 0 Å². The number of anilines is 1. The molecule has 1 fully saturated rings. The summed E-state index contributed by atoms with van der Waals surface area (Å²) in [6.45, 7) is 0.453. The summed E-state index contributed by atoms with van der Waals surface area (Å²) in [5, 5.41) is 5.86. The normalized spacial score (nSPS) is 13.1. The van der Waals surface area contributed by atoms with Crippen molar-refractivity contribution < 1.29 is 14.3 Å². The highest BCUT2D eigenvalue weighted by molar-refractivity contribution is 5.94. The Morgan fingerprint density at radius 2 is 1.85 bits per heavy atom. The van der Waals surface area contributed by atoms with Crippen LogP contribution < -0.4 is 15.4 Å². The van der Waals surface area contributed by atoms with Gasteiger partial charge in [0.05, 0.1) is 7.11 Å². The summed E-state index contributed by atoms with van der Waals surface area (Å²) in [6, 6.07) is 15.3. The van der Waals surface area contributed by atoms with E-state index in [9.17, 15) is 9.59 Å². The molecule has 26 heavy (non-hydrogen) atoms.